The van der Waals surface area contributed by atoms with Gasteiger partial charge in [-0.3, -0.25) is 14.3 Å². The van der Waals surface area contributed by atoms with Gasteiger partial charge in [-0.25, -0.2) is 23.3 Å². The summed E-state index contributed by atoms with van der Waals surface area (Å²) in [5.74, 6) is -1.58. The predicted octanol–water partition coefficient (Wildman–Crippen LogP) is -5.94. The number of phosphoric acid groups is 3. The van der Waals surface area contributed by atoms with Gasteiger partial charge in [0.15, 0.2) is 6.23 Å². The van der Waals surface area contributed by atoms with Crippen LogP contribution < -0.4 is 11.2 Å². The van der Waals surface area contributed by atoms with Gasteiger partial charge in [0.05, 0.1) is 6.61 Å². The summed E-state index contributed by atoms with van der Waals surface area (Å²) in [5.41, 5.74) is -2.73. The number of aliphatic hydroxyl groups excluding tert-OH is 3. The molecular formula is C10H21N2O20P3. The zero-order valence-electron chi connectivity index (χ0n) is 16.6. The van der Waals surface area contributed by atoms with Crippen LogP contribution in [0.5, 0.6) is 0 Å². The first-order chi connectivity index (χ1) is 15.4. The van der Waals surface area contributed by atoms with Crippen molar-refractivity contribution in [2.45, 2.75) is 24.5 Å². The predicted molar refractivity (Wildman–Crippen MR) is 104 cm³/mol. The number of carbonyl (C=O) groups is 1. The van der Waals surface area contributed by atoms with Crippen molar-refractivity contribution in [1.29, 1.82) is 0 Å². The van der Waals surface area contributed by atoms with Crippen molar-refractivity contribution in [3.8, 4) is 0 Å². The van der Waals surface area contributed by atoms with E-state index in [2.05, 4.69) is 0 Å². The molecule has 0 unspecified atom stereocenters. The molecule has 1 saturated heterocycles. The van der Waals surface area contributed by atoms with Gasteiger partial charge in [0.1, 0.15) is 24.0 Å². The Morgan fingerprint density at radius 2 is 1.26 bits per heavy atom. The van der Waals surface area contributed by atoms with Gasteiger partial charge in [0.2, 0.25) is 0 Å². The van der Waals surface area contributed by atoms with E-state index in [0.29, 0.717) is 10.6 Å². The van der Waals surface area contributed by atoms with Gasteiger partial charge in [-0.05, 0) is 0 Å². The zero-order valence-corrected chi connectivity index (χ0v) is 19.2. The Morgan fingerprint density at radius 1 is 0.886 bits per heavy atom. The zero-order chi connectivity index (χ0) is 28.5. The van der Waals surface area contributed by atoms with Crippen LogP contribution in [-0.2, 0) is 18.4 Å². The Hall–Kier alpha value is -1.68. The maximum Gasteiger partial charge on any atom is 0.466 e. The van der Waals surface area contributed by atoms with Gasteiger partial charge in [-0.1, -0.05) is 0 Å². The third-order valence-corrected chi connectivity index (χ3v) is 2.97. The third kappa shape index (κ3) is 18.3. The molecule has 1 aromatic heterocycles. The van der Waals surface area contributed by atoms with Gasteiger partial charge < -0.3 is 69.2 Å². The van der Waals surface area contributed by atoms with Crippen molar-refractivity contribution in [2.24, 2.45) is 0 Å². The molecule has 0 aromatic carbocycles. The molecule has 0 radical (unpaired) electrons. The Balaban J connectivity index is 0. The fourth-order valence-corrected chi connectivity index (χ4v) is 2.02. The molecule has 1 aromatic rings. The van der Waals surface area contributed by atoms with Crippen molar-refractivity contribution >= 4 is 29.4 Å². The average molecular weight is 582 g/mol. The lowest BCUT2D eigenvalue weighted by atomic mass is 10.1. The van der Waals surface area contributed by atoms with Crippen LogP contribution in [0.15, 0.2) is 15.7 Å². The number of aliphatic hydroxyl groups is 3. The standard InChI is InChI=1S/C10H12N2O8.3H3O4P/c13-2-4-6(15)7(16)8(20-4)12-3(9(17)18)1-5(14)11-10(12)19;3*1-5(2,3)4/h1,4,6-8,13,15-16H,2H2,(H,17,18)(H,11,14,19);3*(H3,1,2,3,4)/t4-,6-,7-,8-;;;/m1.../s1. The minimum Gasteiger partial charge on any atom is -0.477 e. The van der Waals surface area contributed by atoms with E-state index in [1.807, 2.05) is 4.98 Å². The number of hydrogen-bond acceptors (Lipinski definition) is 10. The molecular weight excluding hydrogens is 561 g/mol. The molecule has 14 N–H and O–H groups in total. The molecule has 35 heavy (non-hydrogen) atoms. The van der Waals surface area contributed by atoms with E-state index in [1.54, 1.807) is 0 Å². The molecule has 0 spiro atoms. The maximum atomic E-state index is 11.7. The number of ether oxygens (including phenoxy) is 1. The molecule has 1 aliphatic rings. The number of nitrogens with one attached hydrogen (secondary N) is 1. The number of aromatic amines is 1. The van der Waals surface area contributed by atoms with Crippen LogP contribution in [0.1, 0.15) is 16.7 Å². The van der Waals surface area contributed by atoms with Gasteiger partial charge in [-0.2, -0.15) is 0 Å². The lowest BCUT2D eigenvalue weighted by Gasteiger charge is -2.19. The number of carboxylic acids is 1. The summed E-state index contributed by atoms with van der Waals surface area (Å²) in [6.07, 6.45) is -5.83. The second-order valence-electron chi connectivity index (χ2n) is 5.77. The minimum atomic E-state index is -4.64. The van der Waals surface area contributed by atoms with E-state index in [0.717, 1.165) is 0 Å². The van der Waals surface area contributed by atoms with Crippen molar-refractivity contribution < 1.29 is 87.7 Å². The SMILES string of the molecule is O=C(O)c1cc(=O)[nH]c(=O)n1[C@@H]1O[C@H](CO)[C@@H](O)[C@H]1O.O=P(O)(O)O.O=P(O)(O)O.O=P(O)(O)O. The Kier molecular flexibility index (Phi) is 14.4. The molecule has 22 nitrogen and oxygen atoms in total. The van der Waals surface area contributed by atoms with Crippen LogP contribution in [0, 0.1) is 0 Å². The molecule has 2 rings (SSSR count). The van der Waals surface area contributed by atoms with E-state index in [9.17, 15) is 24.6 Å². The quantitative estimate of drug-likeness (QED) is 0.147. The molecule has 1 aliphatic heterocycles. The topological polar surface area (TPSA) is 395 Å². The lowest BCUT2D eigenvalue weighted by molar-refractivity contribution is -0.0562. The Labute approximate surface area is 191 Å². The van der Waals surface area contributed by atoms with E-state index in [4.69, 9.17) is 72.7 Å². The van der Waals surface area contributed by atoms with Crippen LogP contribution in [0.25, 0.3) is 0 Å². The van der Waals surface area contributed by atoms with Crippen molar-refractivity contribution in [3.63, 3.8) is 0 Å². The van der Waals surface area contributed by atoms with Crippen LogP contribution in [0.4, 0.5) is 0 Å². The number of H-pyrrole nitrogens is 1. The highest BCUT2D eigenvalue weighted by molar-refractivity contribution is 7.45. The molecule has 0 saturated carbocycles. The van der Waals surface area contributed by atoms with Crippen molar-refractivity contribution in [1.82, 2.24) is 9.55 Å². The number of aromatic nitrogens is 2. The number of carboxylic acid groups (broad SMARTS) is 1. The number of rotatable bonds is 3. The summed E-state index contributed by atoms with van der Waals surface area (Å²) < 4.78 is 32.2. The highest BCUT2D eigenvalue weighted by Crippen LogP contribution is 2.29. The van der Waals surface area contributed by atoms with Gasteiger partial charge in [-0.15, -0.1) is 0 Å². The summed E-state index contributed by atoms with van der Waals surface area (Å²) in [6.45, 7) is -0.630. The first kappa shape index (κ1) is 35.5. The number of aromatic carboxylic acids is 1. The van der Waals surface area contributed by atoms with E-state index >= 15 is 0 Å². The fourth-order valence-electron chi connectivity index (χ4n) is 2.02. The largest absolute Gasteiger partial charge is 0.477 e. The normalized spacial score (nSPS) is 21.9. The van der Waals surface area contributed by atoms with Crippen molar-refractivity contribution in [3.05, 3.63) is 32.6 Å². The Bertz CT molecular complexity index is 1010. The summed E-state index contributed by atoms with van der Waals surface area (Å²) in [7, 11) is -13.9. The first-order valence-corrected chi connectivity index (χ1v) is 12.6. The highest BCUT2D eigenvalue weighted by Gasteiger charge is 2.44. The summed E-state index contributed by atoms with van der Waals surface area (Å²) >= 11 is 0. The lowest BCUT2D eigenvalue weighted by Crippen LogP contribution is -2.40. The number of nitrogens with zero attached hydrogens (tertiary/aromatic N) is 1. The molecule has 1 fully saturated rings. The van der Waals surface area contributed by atoms with Crippen LogP contribution in [0.3, 0.4) is 0 Å². The van der Waals surface area contributed by atoms with Gasteiger partial charge in [0, 0.05) is 6.07 Å². The fraction of sp³-hybridized carbons (Fsp3) is 0.500. The molecule has 0 bridgehead atoms. The van der Waals surface area contributed by atoms with E-state index < -0.39 is 77.5 Å². The molecule has 206 valence electrons. The smallest absolute Gasteiger partial charge is 0.466 e. The molecule has 0 aliphatic carbocycles. The second kappa shape index (κ2) is 14.2. The highest BCUT2D eigenvalue weighted by atomic mass is 31.2. The van der Waals surface area contributed by atoms with Gasteiger partial charge >= 0.3 is 35.1 Å². The van der Waals surface area contributed by atoms with Crippen molar-refractivity contribution in [2.75, 3.05) is 6.61 Å². The summed E-state index contributed by atoms with van der Waals surface area (Å²) in [6, 6.07) is 0.651. The van der Waals surface area contributed by atoms with E-state index in [1.165, 1.54) is 0 Å². The van der Waals surface area contributed by atoms with Crippen LogP contribution in [-0.4, -0.2) is 105 Å². The minimum absolute atomic E-state index is 0.507. The van der Waals surface area contributed by atoms with Crippen LogP contribution in [0.2, 0.25) is 0 Å². The third-order valence-electron chi connectivity index (χ3n) is 2.97. The average Bonchev–Trinajstić information content (AvgIpc) is 2.84. The summed E-state index contributed by atoms with van der Waals surface area (Å²) in [4.78, 5) is 100. The molecule has 25 heteroatoms. The molecule has 0 amide bonds. The van der Waals surface area contributed by atoms with E-state index in [-0.39, 0.29) is 0 Å². The molecule has 4 atom stereocenters. The van der Waals surface area contributed by atoms with Crippen LogP contribution >= 0.6 is 23.5 Å². The summed E-state index contributed by atoms with van der Waals surface area (Å²) in [5, 5.41) is 37.3. The first-order valence-electron chi connectivity index (χ1n) is 7.93. The number of hydrogen-bond donors (Lipinski definition) is 14. The van der Waals surface area contributed by atoms with Gasteiger partial charge in [0.25, 0.3) is 5.56 Å². The second-order valence-corrected chi connectivity index (χ2v) is 8.85. The monoisotopic (exact) mass is 582 g/mol. The Morgan fingerprint density at radius 3 is 1.54 bits per heavy atom. The maximum absolute atomic E-state index is 11.7. The molecule has 2 heterocycles.